The van der Waals surface area contributed by atoms with Crippen molar-refractivity contribution in [3.8, 4) is 0 Å². The highest BCUT2D eigenvalue weighted by molar-refractivity contribution is 7.88. The van der Waals surface area contributed by atoms with Crippen molar-refractivity contribution in [2.45, 2.75) is 12.0 Å². The Kier molecular flexibility index (Phi) is 2.44. The lowest BCUT2D eigenvalue weighted by molar-refractivity contribution is -0.000703. The van der Waals surface area contributed by atoms with Gasteiger partial charge in [0.2, 0.25) is 10.0 Å². The Morgan fingerprint density at radius 3 is 2.42 bits per heavy atom. The Balaban J connectivity index is 2.70. The van der Waals surface area contributed by atoms with E-state index in [4.69, 9.17) is 5.11 Å². The molecule has 6 heteroatoms. The van der Waals surface area contributed by atoms with Gasteiger partial charge >= 0.3 is 0 Å². The van der Waals surface area contributed by atoms with E-state index in [2.05, 4.69) is 0 Å². The normalized spacial score (nSPS) is 32.6. The second-order valence-corrected chi connectivity index (χ2v) is 5.21. The van der Waals surface area contributed by atoms with Crippen molar-refractivity contribution >= 4 is 10.0 Å². The van der Waals surface area contributed by atoms with E-state index in [1.54, 1.807) is 0 Å². The lowest BCUT2D eigenvalue weighted by Crippen LogP contribution is -2.38. The third-order valence-electron chi connectivity index (χ3n) is 2.06. The van der Waals surface area contributed by atoms with Crippen LogP contribution in [-0.4, -0.2) is 54.5 Å². The van der Waals surface area contributed by atoms with E-state index in [9.17, 15) is 13.5 Å². The van der Waals surface area contributed by atoms with Gasteiger partial charge in [0, 0.05) is 13.1 Å². The molecule has 0 amide bonds. The standard InChI is InChI=1S/C6H13NO4S/c1-12(10,11)7-3-2-6(9,4-7)5-8/h8-9H,2-5H2,1H3. The fraction of sp³-hybridized carbons (Fsp3) is 1.00. The predicted octanol–water partition coefficient (Wildman–Crippen LogP) is -1.62. The topological polar surface area (TPSA) is 77.8 Å². The van der Waals surface area contributed by atoms with Crippen LogP contribution in [0.4, 0.5) is 0 Å². The predicted molar refractivity (Wildman–Crippen MR) is 43.1 cm³/mol. The van der Waals surface area contributed by atoms with Gasteiger partial charge in [-0.15, -0.1) is 0 Å². The van der Waals surface area contributed by atoms with Crippen LogP contribution >= 0.6 is 0 Å². The monoisotopic (exact) mass is 195 g/mol. The molecular weight excluding hydrogens is 182 g/mol. The summed E-state index contributed by atoms with van der Waals surface area (Å²) in [5.41, 5.74) is -1.23. The average molecular weight is 195 g/mol. The molecule has 1 heterocycles. The van der Waals surface area contributed by atoms with Gasteiger partial charge in [0.1, 0.15) is 5.60 Å². The van der Waals surface area contributed by atoms with Crippen molar-refractivity contribution in [1.29, 1.82) is 0 Å². The molecule has 0 saturated carbocycles. The highest BCUT2D eigenvalue weighted by Gasteiger charge is 2.39. The van der Waals surface area contributed by atoms with Gasteiger partial charge in [0.25, 0.3) is 0 Å². The van der Waals surface area contributed by atoms with Crippen LogP contribution in [0.3, 0.4) is 0 Å². The lowest BCUT2D eigenvalue weighted by Gasteiger charge is -2.19. The average Bonchev–Trinajstić information content (AvgIpc) is 2.32. The highest BCUT2D eigenvalue weighted by atomic mass is 32.2. The molecule has 72 valence electrons. The fourth-order valence-corrected chi connectivity index (χ4v) is 2.13. The van der Waals surface area contributed by atoms with Crippen molar-refractivity contribution in [3.63, 3.8) is 0 Å². The van der Waals surface area contributed by atoms with Gasteiger partial charge in [0.15, 0.2) is 0 Å². The summed E-state index contributed by atoms with van der Waals surface area (Å²) in [6.07, 6.45) is 1.40. The summed E-state index contributed by atoms with van der Waals surface area (Å²) < 4.78 is 23.1. The SMILES string of the molecule is CS(=O)(=O)N1CCC(O)(CO)C1. The zero-order valence-corrected chi connectivity index (χ0v) is 7.71. The van der Waals surface area contributed by atoms with Gasteiger partial charge in [-0.2, -0.15) is 4.31 Å². The Hall–Kier alpha value is -0.170. The molecule has 1 rings (SSSR count). The minimum atomic E-state index is -3.22. The van der Waals surface area contributed by atoms with E-state index in [1.165, 1.54) is 4.31 Å². The number of hydrogen-bond donors (Lipinski definition) is 2. The Bertz CT molecular complexity index is 263. The van der Waals surface area contributed by atoms with Gasteiger partial charge in [-0.3, -0.25) is 0 Å². The molecule has 0 aromatic heterocycles. The van der Waals surface area contributed by atoms with E-state index >= 15 is 0 Å². The van der Waals surface area contributed by atoms with Crippen molar-refractivity contribution in [3.05, 3.63) is 0 Å². The maximum absolute atomic E-state index is 11.0. The Labute approximate surface area is 71.7 Å². The van der Waals surface area contributed by atoms with E-state index in [1.807, 2.05) is 0 Å². The second kappa shape index (κ2) is 2.95. The molecule has 0 spiro atoms. The van der Waals surface area contributed by atoms with E-state index in [0.29, 0.717) is 6.42 Å². The van der Waals surface area contributed by atoms with Gasteiger partial charge in [-0.25, -0.2) is 8.42 Å². The second-order valence-electron chi connectivity index (χ2n) is 3.23. The molecule has 1 atom stereocenters. The van der Waals surface area contributed by atoms with Crippen LogP contribution in [0.15, 0.2) is 0 Å². The molecule has 0 aliphatic carbocycles. The van der Waals surface area contributed by atoms with E-state index < -0.39 is 15.6 Å². The van der Waals surface area contributed by atoms with Crippen LogP contribution in [0.5, 0.6) is 0 Å². The van der Waals surface area contributed by atoms with Crippen LogP contribution in [0.2, 0.25) is 0 Å². The first kappa shape index (κ1) is 9.91. The number of aliphatic hydroxyl groups excluding tert-OH is 1. The summed E-state index contributed by atoms with van der Waals surface area (Å²) >= 11 is 0. The number of β-amino-alcohol motifs (C(OH)–C–C–N with tert-alkyl or cyclic N) is 1. The molecule has 1 aliphatic rings. The molecule has 1 aliphatic heterocycles. The maximum Gasteiger partial charge on any atom is 0.211 e. The van der Waals surface area contributed by atoms with Crippen LogP contribution in [0.25, 0.3) is 0 Å². The number of sulfonamides is 1. The molecular formula is C6H13NO4S. The lowest BCUT2D eigenvalue weighted by atomic mass is 10.1. The van der Waals surface area contributed by atoms with Crippen molar-refractivity contribution in [2.75, 3.05) is 26.0 Å². The summed E-state index contributed by atoms with van der Waals surface area (Å²) in [5, 5.41) is 18.2. The maximum atomic E-state index is 11.0. The van der Waals surface area contributed by atoms with Crippen LogP contribution in [-0.2, 0) is 10.0 Å². The Morgan fingerprint density at radius 1 is 1.58 bits per heavy atom. The molecule has 2 N–H and O–H groups in total. The number of nitrogens with zero attached hydrogens (tertiary/aromatic N) is 1. The third kappa shape index (κ3) is 1.95. The summed E-state index contributed by atoms with van der Waals surface area (Å²) in [6, 6.07) is 0. The first-order chi connectivity index (χ1) is 5.37. The van der Waals surface area contributed by atoms with E-state index in [0.717, 1.165) is 6.26 Å². The van der Waals surface area contributed by atoms with Gasteiger partial charge in [0.05, 0.1) is 12.9 Å². The van der Waals surface area contributed by atoms with Gasteiger partial charge < -0.3 is 10.2 Å². The first-order valence-corrected chi connectivity index (χ1v) is 5.51. The zero-order chi connectivity index (χ0) is 9.41. The Morgan fingerprint density at radius 2 is 2.17 bits per heavy atom. The molecule has 1 fully saturated rings. The van der Waals surface area contributed by atoms with Crippen LogP contribution in [0, 0.1) is 0 Å². The third-order valence-corrected chi connectivity index (χ3v) is 3.31. The molecule has 5 nitrogen and oxygen atoms in total. The minimum absolute atomic E-state index is 0.00231. The zero-order valence-electron chi connectivity index (χ0n) is 6.89. The highest BCUT2D eigenvalue weighted by Crippen LogP contribution is 2.22. The molecule has 1 unspecified atom stereocenters. The quantitative estimate of drug-likeness (QED) is 0.555. The summed E-state index contributed by atoms with van der Waals surface area (Å²) in [6.45, 7) is -0.1000. The molecule has 0 radical (unpaired) electrons. The minimum Gasteiger partial charge on any atom is -0.393 e. The van der Waals surface area contributed by atoms with Crippen molar-refractivity contribution < 1.29 is 18.6 Å². The molecule has 0 bridgehead atoms. The van der Waals surface area contributed by atoms with Crippen molar-refractivity contribution in [2.24, 2.45) is 0 Å². The van der Waals surface area contributed by atoms with Crippen molar-refractivity contribution in [1.82, 2.24) is 4.31 Å². The molecule has 0 aromatic carbocycles. The largest absolute Gasteiger partial charge is 0.393 e. The first-order valence-electron chi connectivity index (χ1n) is 3.66. The number of aliphatic hydroxyl groups is 2. The summed E-state index contributed by atoms with van der Waals surface area (Å²) in [7, 11) is -3.22. The van der Waals surface area contributed by atoms with E-state index in [-0.39, 0.29) is 19.7 Å². The number of rotatable bonds is 2. The van der Waals surface area contributed by atoms with Crippen LogP contribution < -0.4 is 0 Å². The van der Waals surface area contributed by atoms with Gasteiger partial charge in [-0.05, 0) is 6.42 Å². The fourth-order valence-electron chi connectivity index (χ4n) is 1.23. The smallest absolute Gasteiger partial charge is 0.211 e. The van der Waals surface area contributed by atoms with Crippen LogP contribution in [0.1, 0.15) is 6.42 Å². The summed E-state index contributed by atoms with van der Waals surface area (Å²) in [4.78, 5) is 0. The summed E-state index contributed by atoms with van der Waals surface area (Å²) in [5.74, 6) is 0. The van der Waals surface area contributed by atoms with Gasteiger partial charge in [-0.1, -0.05) is 0 Å². The number of hydrogen-bond acceptors (Lipinski definition) is 4. The molecule has 0 aromatic rings. The molecule has 12 heavy (non-hydrogen) atoms. The molecule has 1 saturated heterocycles.